The van der Waals surface area contributed by atoms with Crippen molar-refractivity contribution in [1.29, 1.82) is 0 Å². The Bertz CT molecular complexity index is 923. The molecule has 0 bridgehead atoms. The first kappa shape index (κ1) is 24.7. The summed E-state index contributed by atoms with van der Waals surface area (Å²) in [6, 6.07) is 11.7. The molecule has 0 fully saturated rings. The number of aliphatic hydroxyl groups excluding tert-OH is 2. The number of nitrogens with zero attached hydrogens (tertiary/aromatic N) is 1. The predicted molar refractivity (Wildman–Crippen MR) is 120 cm³/mol. The molecule has 0 spiro atoms. The van der Waals surface area contributed by atoms with E-state index in [0.717, 1.165) is 11.8 Å². The van der Waals surface area contributed by atoms with E-state index in [0.29, 0.717) is 41.0 Å². The molecule has 2 aromatic rings. The lowest BCUT2D eigenvalue weighted by atomic mass is 10.1. The van der Waals surface area contributed by atoms with Gasteiger partial charge < -0.3 is 14.9 Å². The number of aliphatic hydroxyl groups is 2. The molecular weight excluding hydrogens is 451 g/mol. The highest BCUT2D eigenvalue weighted by atomic mass is 35.5. The average Bonchev–Trinajstić information content (AvgIpc) is 2.66. The minimum absolute atomic E-state index is 0.106. The number of hydrogen-bond acceptors (Lipinski definition) is 6. The Morgan fingerprint density at radius 1 is 1.10 bits per heavy atom. The number of sulfonamides is 1. The van der Waals surface area contributed by atoms with Crippen LogP contribution in [0.2, 0.25) is 10.0 Å². The van der Waals surface area contributed by atoms with Crippen molar-refractivity contribution >= 4 is 38.9 Å². The van der Waals surface area contributed by atoms with Gasteiger partial charge in [-0.05, 0) is 55.3 Å². The van der Waals surface area contributed by atoms with E-state index in [-0.39, 0.29) is 6.61 Å². The SMILES string of the molecule is CC(O)C(Oc1ccc(NS(C)(=O)=O)cc1)N(CCO)CCc1ccc(Cl)c(Cl)c1. The maximum Gasteiger partial charge on any atom is 0.229 e. The summed E-state index contributed by atoms with van der Waals surface area (Å²) >= 11 is 12.0. The van der Waals surface area contributed by atoms with Crippen LogP contribution < -0.4 is 9.46 Å². The van der Waals surface area contributed by atoms with Gasteiger partial charge in [0.2, 0.25) is 10.0 Å². The number of rotatable bonds is 11. The molecule has 30 heavy (non-hydrogen) atoms. The molecule has 0 saturated carbocycles. The second-order valence-corrected chi connectivity index (χ2v) is 9.47. The molecule has 0 aliphatic heterocycles. The Hall–Kier alpha value is -1.55. The summed E-state index contributed by atoms with van der Waals surface area (Å²) in [5.74, 6) is 0.456. The number of hydrogen-bond donors (Lipinski definition) is 3. The first-order chi connectivity index (χ1) is 14.1. The lowest BCUT2D eigenvalue weighted by Gasteiger charge is -2.33. The van der Waals surface area contributed by atoms with Crippen LogP contribution in [0.5, 0.6) is 5.75 Å². The predicted octanol–water partition coefficient (Wildman–Crippen LogP) is 2.99. The first-order valence-corrected chi connectivity index (χ1v) is 11.9. The molecule has 0 radical (unpaired) electrons. The molecule has 2 unspecified atom stereocenters. The van der Waals surface area contributed by atoms with Crippen molar-refractivity contribution in [3.05, 3.63) is 58.1 Å². The molecule has 0 aliphatic rings. The van der Waals surface area contributed by atoms with Crippen LogP contribution in [0, 0.1) is 0 Å². The molecule has 0 aromatic heterocycles. The zero-order valence-electron chi connectivity index (χ0n) is 16.8. The van der Waals surface area contributed by atoms with E-state index in [1.807, 2.05) is 11.0 Å². The molecular formula is C20H26Cl2N2O5S. The van der Waals surface area contributed by atoms with Crippen LogP contribution >= 0.6 is 23.2 Å². The maximum absolute atomic E-state index is 11.3. The molecule has 2 rings (SSSR count). The molecule has 10 heteroatoms. The summed E-state index contributed by atoms with van der Waals surface area (Å²) < 4.78 is 31.0. The number of anilines is 1. The smallest absolute Gasteiger partial charge is 0.229 e. The molecule has 166 valence electrons. The topological polar surface area (TPSA) is 99.1 Å². The summed E-state index contributed by atoms with van der Waals surface area (Å²) in [5.41, 5.74) is 1.37. The third-order valence-corrected chi connectivity index (χ3v) is 5.59. The van der Waals surface area contributed by atoms with Crippen LogP contribution in [0.3, 0.4) is 0 Å². The van der Waals surface area contributed by atoms with Crippen LogP contribution in [0.4, 0.5) is 5.69 Å². The van der Waals surface area contributed by atoms with Crippen molar-refractivity contribution < 1.29 is 23.4 Å². The summed E-state index contributed by atoms with van der Waals surface area (Å²) in [7, 11) is -3.37. The number of benzene rings is 2. The van der Waals surface area contributed by atoms with Crippen molar-refractivity contribution in [3.63, 3.8) is 0 Å². The Balaban J connectivity index is 2.10. The number of nitrogens with one attached hydrogen (secondary N) is 1. The van der Waals surface area contributed by atoms with Crippen LogP contribution in [0.1, 0.15) is 12.5 Å². The van der Waals surface area contributed by atoms with Crippen molar-refractivity contribution in [2.75, 3.05) is 30.7 Å². The van der Waals surface area contributed by atoms with Crippen molar-refractivity contribution in [1.82, 2.24) is 4.90 Å². The second-order valence-electron chi connectivity index (χ2n) is 6.91. The van der Waals surface area contributed by atoms with Crippen molar-refractivity contribution in [2.45, 2.75) is 25.7 Å². The van der Waals surface area contributed by atoms with E-state index < -0.39 is 22.4 Å². The van der Waals surface area contributed by atoms with Gasteiger partial charge in [0.15, 0.2) is 6.23 Å². The molecule has 0 aliphatic carbocycles. The quantitative estimate of drug-likeness (QED) is 0.431. The third-order valence-electron chi connectivity index (χ3n) is 4.25. The summed E-state index contributed by atoms with van der Waals surface area (Å²) in [4.78, 5) is 1.83. The zero-order valence-corrected chi connectivity index (χ0v) is 19.1. The van der Waals surface area contributed by atoms with Gasteiger partial charge in [-0.15, -0.1) is 0 Å². The Kier molecular flexibility index (Phi) is 9.21. The lowest BCUT2D eigenvalue weighted by molar-refractivity contribution is -0.0625. The minimum Gasteiger partial charge on any atom is -0.472 e. The summed E-state index contributed by atoms with van der Waals surface area (Å²) in [5, 5.41) is 20.7. The fraction of sp³-hybridized carbons (Fsp3) is 0.400. The normalized spacial score (nSPS) is 13.8. The largest absolute Gasteiger partial charge is 0.472 e. The fourth-order valence-corrected chi connectivity index (χ4v) is 3.78. The molecule has 7 nitrogen and oxygen atoms in total. The molecule has 2 atom stereocenters. The molecule has 3 N–H and O–H groups in total. The Morgan fingerprint density at radius 3 is 2.30 bits per heavy atom. The monoisotopic (exact) mass is 476 g/mol. The minimum atomic E-state index is -3.37. The van der Waals surface area contributed by atoms with Gasteiger partial charge in [0.25, 0.3) is 0 Å². The van der Waals surface area contributed by atoms with E-state index in [2.05, 4.69) is 4.72 Å². The standard InChI is InChI=1S/C20H26Cl2N2O5S/c1-14(26)20(29-17-6-4-16(5-7-17)23-30(2,27)28)24(11-12-25)10-9-15-3-8-18(21)19(22)13-15/h3-8,13-14,20,23,25-26H,9-12H2,1-2H3. The summed E-state index contributed by atoms with van der Waals surface area (Å²) in [6.45, 7) is 2.30. The fourth-order valence-electron chi connectivity index (χ4n) is 2.90. The van der Waals surface area contributed by atoms with Gasteiger partial charge in [0.1, 0.15) is 11.9 Å². The van der Waals surface area contributed by atoms with Crippen LogP contribution in [0.25, 0.3) is 0 Å². The highest BCUT2D eigenvalue weighted by Gasteiger charge is 2.25. The van der Waals surface area contributed by atoms with Crippen molar-refractivity contribution in [2.24, 2.45) is 0 Å². The summed E-state index contributed by atoms with van der Waals surface area (Å²) in [6.07, 6.45) is 0.121. The van der Waals surface area contributed by atoms with Crippen molar-refractivity contribution in [3.8, 4) is 5.75 Å². The van der Waals surface area contributed by atoms with E-state index in [1.165, 1.54) is 0 Å². The lowest BCUT2D eigenvalue weighted by Crippen LogP contribution is -2.48. The van der Waals surface area contributed by atoms with E-state index in [9.17, 15) is 18.6 Å². The van der Waals surface area contributed by atoms with Gasteiger partial charge in [0.05, 0.1) is 22.9 Å². The van der Waals surface area contributed by atoms with E-state index in [1.54, 1.807) is 43.3 Å². The van der Waals surface area contributed by atoms with E-state index >= 15 is 0 Å². The number of ether oxygens (including phenoxy) is 1. The van der Waals surface area contributed by atoms with Gasteiger partial charge in [-0.25, -0.2) is 8.42 Å². The van der Waals surface area contributed by atoms with Gasteiger partial charge >= 0.3 is 0 Å². The first-order valence-electron chi connectivity index (χ1n) is 9.30. The molecule has 2 aromatic carbocycles. The Morgan fingerprint density at radius 2 is 1.77 bits per heavy atom. The Labute approximate surface area is 187 Å². The maximum atomic E-state index is 11.3. The molecule has 0 heterocycles. The number of halogens is 2. The van der Waals surface area contributed by atoms with Crippen LogP contribution in [-0.4, -0.2) is 61.8 Å². The van der Waals surface area contributed by atoms with Gasteiger partial charge in [-0.3, -0.25) is 9.62 Å². The zero-order chi connectivity index (χ0) is 22.3. The average molecular weight is 477 g/mol. The van der Waals surface area contributed by atoms with Gasteiger partial charge in [-0.2, -0.15) is 0 Å². The van der Waals surface area contributed by atoms with Gasteiger partial charge in [-0.1, -0.05) is 29.3 Å². The highest BCUT2D eigenvalue weighted by Crippen LogP contribution is 2.24. The highest BCUT2D eigenvalue weighted by molar-refractivity contribution is 7.92. The molecule has 0 saturated heterocycles. The second kappa shape index (κ2) is 11.2. The molecule has 0 amide bonds. The van der Waals surface area contributed by atoms with Crippen LogP contribution in [0.15, 0.2) is 42.5 Å². The van der Waals surface area contributed by atoms with Crippen LogP contribution in [-0.2, 0) is 16.4 Å². The third kappa shape index (κ3) is 7.94. The van der Waals surface area contributed by atoms with E-state index in [4.69, 9.17) is 27.9 Å². The van der Waals surface area contributed by atoms with Gasteiger partial charge in [0, 0.05) is 18.8 Å².